The van der Waals surface area contributed by atoms with Gasteiger partial charge in [0.25, 0.3) is 0 Å². The molecule has 1 fully saturated rings. The van der Waals surface area contributed by atoms with Crippen molar-refractivity contribution in [3.05, 3.63) is 53.8 Å². The Kier molecular flexibility index (Phi) is 7.29. The summed E-state index contributed by atoms with van der Waals surface area (Å²) in [5, 5.41) is 6.60. The predicted octanol–water partition coefficient (Wildman–Crippen LogP) is 4.18. The number of rotatable bonds is 6. The van der Waals surface area contributed by atoms with E-state index in [0.717, 1.165) is 24.1 Å². The quantitative estimate of drug-likeness (QED) is 0.366. The van der Waals surface area contributed by atoms with Crippen LogP contribution < -0.4 is 20.1 Å². The molecule has 0 bridgehead atoms. The molecule has 1 aliphatic rings. The van der Waals surface area contributed by atoms with Gasteiger partial charge in [0.1, 0.15) is 5.82 Å². The number of benzene rings is 2. The summed E-state index contributed by atoms with van der Waals surface area (Å²) in [5.74, 6) is 1.77. The Morgan fingerprint density at radius 3 is 2.44 bits per heavy atom. The van der Waals surface area contributed by atoms with Crippen molar-refractivity contribution in [3.8, 4) is 11.5 Å². The van der Waals surface area contributed by atoms with E-state index in [-0.39, 0.29) is 35.2 Å². The summed E-state index contributed by atoms with van der Waals surface area (Å²) in [7, 11) is 4.93. The van der Waals surface area contributed by atoms with Crippen LogP contribution in [0.15, 0.2) is 47.5 Å². The first-order valence-corrected chi connectivity index (χ1v) is 8.56. The van der Waals surface area contributed by atoms with E-state index < -0.39 is 0 Å². The van der Waals surface area contributed by atoms with Gasteiger partial charge in [-0.2, -0.15) is 0 Å². The van der Waals surface area contributed by atoms with Crippen molar-refractivity contribution in [2.75, 3.05) is 33.1 Å². The van der Waals surface area contributed by atoms with Crippen molar-refractivity contribution < 1.29 is 13.9 Å². The minimum absolute atomic E-state index is 0. The number of aliphatic imine (C=N–C) groups is 1. The number of hydrogen-bond acceptors (Lipinski definition) is 3. The standard InChI is InChI=1S/C20H24FN3O2.HI/c1-22-19(24-16-7-8-17(25-2)18(12-16)26-3)23-13-20(9-10-20)14-5-4-6-15(21)11-14;/h4-8,11-12H,9-10,13H2,1-3H3,(H2,22,23,24);1H. The average Bonchev–Trinajstić information content (AvgIpc) is 3.46. The highest BCUT2D eigenvalue weighted by molar-refractivity contribution is 14.0. The summed E-state index contributed by atoms with van der Waals surface area (Å²) >= 11 is 0. The van der Waals surface area contributed by atoms with Gasteiger partial charge in [-0.15, -0.1) is 24.0 Å². The predicted molar refractivity (Wildman–Crippen MR) is 117 cm³/mol. The molecular formula is C20H25FIN3O2. The number of methoxy groups -OCH3 is 2. The van der Waals surface area contributed by atoms with Gasteiger partial charge < -0.3 is 20.1 Å². The van der Waals surface area contributed by atoms with Gasteiger partial charge in [0.05, 0.1) is 14.2 Å². The summed E-state index contributed by atoms with van der Waals surface area (Å²) in [6.07, 6.45) is 2.08. The van der Waals surface area contributed by atoms with Crippen LogP contribution in [0, 0.1) is 5.82 Å². The van der Waals surface area contributed by atoms with Gasteiger partial charge in [-0.05, 0) is 42.7 Å². The molecule has 1 aliphatic carbocycles. The van der Waals surface area contributed by atoms with Crippen LogP contribution >= 0.6 is 24.0 Å². The van der Waals surface area contributed by atoms with Crippen molar-refractivity contribution in [2.45, 2.75) is 18.3 Å². The molecule has 7 heteroatoms. The van der Waals surface area contributed by atoms with Crippen LogP contribution in [0.2, 0.25) is 0 Å². The second-order valence-electron chi connectivity index (χ2n) is 6.41. The Morgan fingerprint density at radius 1 is 1.11 bits per heavy atom. The highest BCUT2D eigenvalue weighted by atomic mass is 127. The maximum atomic E-state index is 13.5. The fraction of sp³-hybridized carbons (Fsp3) is 0.350. The molecule has 146 valence electrons. The van der Waals surface area contributed by atoms with E-state index in [1.807, 2.05) is 24.3 Å². The van der Waals surface area contributed by atoms with Gasteiger partial charge in [0.2, 0.25) is 0 Å². The summed E-state index contributed by atoms with van der Waals surface area (Å²) in [5.41, 5.74) is 1.86. The van der Waals surface area contributed by atoms with Gasteiger partial charge in [0.15, 0.2) is 17.5 Å². The maximum absolute atomic E-state index is 13.5. The molecule has 5 nitrogen and oxygen atoms in total. The zero-order chi connectivity index (χ0) is 18.6. The molecule has 27 heavy (non-hydrogen) atoms. The lowest BCUT2D eigenvalue weighted by molar-refractivity contribution is 0.355. The zero-order valence-electron chi connectivity index (χ0n) is 15.7. The third-order valence-electron chi connectivity index (χ3n) is 4.75. The molecule has 2 aromatic carbocycles. The molecule has 2 aromatic rings. The lowest BCUT2D eigenvalue weighted by Crippen LogP contribution is -2.36. The molecule has 0 spiro atoms. The number of nitrogens with zero attached hydrogens (tertiary/aromatic N) is 1. The number of guanidine groups is 1. The lowest BCUT2D eigenvalue weighted by atomic mass is 9.96. The van der Waals surface area contributed by atoms with E-state index in [9.17, 15) is 4.39 Å². The van der Waals surface area contributed by atoms with Gasteiger partial charge >= 0.3 is 0 Å². The second-order valence-corrected chi connectivity index (χ2v) is 6.41. The van der Waals surface area contributed by atoms with E-state index >= 15 is 0 Å². The van der Waals surface area contributed by atoms with E-state index in [0.29, 0.717) is 24.0 Å². The Balaban J connectivity index is 0.00000261. The lowest BCUT2D eigenvalue weighted by Gasteiger charge is -2.19. The summed E-state index contributed by atoms with van der Waals surface area (Å²) in [6, 6.07) is 12.4. The topological polar surface area (TPSA) is 54.9 Å². The van der Waals surface area contributed by atoms with Crippen LogP contribution in [-0.4, -0.2) is 33.8 Å². The summed E-state index contributed by atoms with van der Waals surface area (Å²) < 4.78 is 24.1. The molecule has 0 atom stereocenters. The highest BCUT2D eigenvalue weighted by Crippen LogP contribution is 2.47. The SMILES string of the molecule is CN=C(NCC1(c2cccc(F)c2)CC1)Nc1ccc(OC)c(OC)c1.I. The largest absolute Gasteiger partial charge is 0.493 e. The van der Waals surface area contributed by atoms with Crippen LogP contribution in [0.25, 0.3) is 0 Å². The Bertz CT molecular complexity index is 810. The van der Waals surface area contributed by atoms with E-state index in [4.69, 9.17) is 9.47 Å². The van der Waals surface area contributed by atoms with Crippen LogP contribution in [0.3, 0.4) is 0 Å². The van der Waals surface area contributed by atoms with E-state index in [2.05, 4.69) is 15.6 Å². The molecule has 0 aliphatic heterocycles. The number of halogens is 2. The van der Waals surface area contributed by atoms with Crippen LogP contribution in [-0.2, 0) is 5.41 Å². The van der Waals surface area contributed by atoms with Crippen molar-refractivity contribution in [3.63, 3.8) is 0 Å². The summed E-state index contributed by atoms with van der Waals surface area (Å²) in [6.45, 7) is 0.698. The number of nitrogens with one attached hydrogen (secondary N) is 2. The molecular weight excluding hydrogens is 460 g/mol. The summed E-state index contributed by atoms with van der Waals surface area (Å²) in [4.78, 5) is 4.27. The molecule has 0 saturated heterocycles. The minimum Gasteiger partial charge on any atom is -0.493 e. The Hall–Kier alpha value is -2.03. The first-order valence-electron chi connectivity index (χ1n) is 8.56. The molecule has 0 amide bonds. The Labute approximate surface area is 176 Å². The molecule has 2 N–H and O–H groups in total. The number of ether oxygens (including phenoxy) is 2. The van der Waals surface area contributed by atoms with E-state index in [1.165, 1.54) is 6.07 Å². The monoisotopic (exact) mass is 485 g/mol. The van der Waals surface area contributed by atoms with Crippen LogP contribution in [0.4, 0.5) is 10.1 Å². The number of anilines is 1. The van der Waals surface area contributed by atoms with Gasteiger partial charge in [-0.25, -0.2) is 4.39 Å². The first-order chi connectivity index (χ1) is 12.6. The van der Waals surface area contributed by atoms with Gasteiger partial charge in [-0.3, -0.25) is 4.99 Å². The fourth-order valence-corrected chi connectivity index (χ4v) is 3.02. The van der Waals surface area contributed by atoms with Crippen LogP contribution in [0.1, 0.15) is 18.4 Å². The van der Waals surface area contributed by atoms with Gasteiger partial charge in [-0.1, -0.05) is 12.1 Å². The second kappa shape index (κ2) is 9.25. The third kappa shape index (κ3) is 5.03. The molecule has 3 rings (SSSR count). The smallest absolute Gasteiger partial charge is 0.195 e. The molecule has 0 radical (unpaired) electrons. The third-order valence-corrected chi connectivity index (χ3v) is 4.75. The molecule has 0 heterocycles. The normalized spacial score (nSPS) is 14.7. The van der Waals surface area contributed by atoms with Gasteiger partial charge in [0, 0.05) is 30.8 Å². The molecule has 1 saturated carbocycles. The van der Waals surface area contributed by atoms with Crippen molar-refractivity contribution >= 4 is 35.6 Å². The first kappa shape index (κ1) is 21.3. The highest BCUT2D eigenvalue weighted by Gasteiger charge is 2.44. The van der Waals surface area contributed by atoms with Crippen molar-refractivity contribution in [1.29, 1.82) is 0 Å². The van der Waals surface area contributed by atoms with Crippen LogP contribution in [0.5, 0.6) is 11.5 Å². The number of hydrogen-bond donors (Lipinski definition) is 2. The maximum Gasteiger partial charge on any atom is 0.195 e. The van der Waals surface area contributed by atoms with E-state index in [1.54, 1.807) is 33.4 Å². The molecule has 0 aromatic heterocycles. The minimum atomic E-state index is -0.193. The molecule has 0 unspecified atom stereocenters. The van der Waals surface area contributed by atoms with Crippen molar-refractivity contribution in [2.24, 2.45) is 4.99 Å². The van der Waals surface area contributed by atoms with Crippen molar-refractivity contribution in [1.82, 2.24) is 5.32 Å². The fourth-order valence-electron chi connectivity index (χ4n) is 3.02. The Morgan fingerprint density at radius 2 is 1.85 bits per heavy atom. The zero-order valence-corrected chi connectivity index (χ0v) is 18.0. The average molecular weight is 485 g/mol.